The molecule has 5 heteroatoms. The highest BCUT2D eigenvalue weighted by molar-refractivity contribution is 5.84. The molecule has 0 bridgehead atoms. The van der Waals surface area contributed by atoms with Crippen LogP contribution in [0.2, 0.25) is 0 Å². The Morgan fingerprint density at radius 2 is 1.95 bits per heavy atom. The molecule has 0 aliphatic heterocycles. The van der Waals surface area contributed by atoms with E-state index in [2.05, 4.69) is 5.32 Å². The largest absolute Gasteiger partial charge is 0.480 e. The lowest BCUT2D eigenvalue weighted by molar-refractivity contribution is -0.142. The molecular weight excluding hydrogens is 246 g/mol. The fraction of sp³-hybridized carbons (Fsp3) is 0.429. The standard InChI is InChI=1S/C14H19NO4/c1-3-19-9-13(16)15-12(14(17)18)8-11-6-4-10(2)5-7-11/h4-7,12H,3,8-9H2,1-2H3,(H,15,16)(H,17,18)/t12-/m0/s1. The molecule has 1 aromatic carbocycles. The number of carbonyl (C=O) groups excluding carboxylic acids is 1. The minimum atomic E-state index is -1.05. The number of hydrogen-bond donors (Lipinski definition) is 2. The molecule has 1 aromatic rings. The lowest BCUT2D eigenvalue weighted by atomic mass is 10.0. The Hall–Kier alpha value is -1.88. The van der Waals surface area contributed by atoms with Crippen LogP contribution < -0.4 is 5.32 Å². The molecule has 19 heavy (non-hydrogen) atoms. The van der Waals surface area contributed by atoms with Gasteiger partial charge in [-0.05, 0) is 19.4 Å². The first-order chi connectivity index (χ1) is 9.02. The van der Waals surface area contributed by atoms with Crippen LogP contribution >= 0.6 is 0 Å². The zero-order valence-corrected chi connectivity index (χ0v) is 11.2. The average Bonchev–Trinajstić information content (AvgIpc) is 2.38. The van der Waals surface area contributed by atoms with Crippen molar-refractivity contribution in [3.8, 4) is 0 Å². The molecule has 0 aliphatic carbocycles. The molecule has 1 amide bonds. The van der Waals surface area contributed by atoms with Crippen molar-refractivity contribution in [3.05, 3.63) is 35.4 Å². The van der Waals surface area contributed by atoms with Crippen LogP contribution in [-0.2, 0) is 20.7 Å². The van der Waals surface area contributed by atoms with Gasteiger partial charge in [-0.1, -0.05) is 29.8 Å². The third-order valence-corrected chi connectivity index (χ3v) is 2.63. The molecule has 2 N–H and O–H groups in total. The molecule has 0 unspecified atom stereocenters. The van der Waals surface area contributed by atoms with Gasteiger partial charge in [-0.15, -0.1) is 0 Å². The Labute approximate surface area is 112 Å². The molecule has 104 valence electrons. The maximum absolute atomic E-state index is 11.5. The van der Waals surface area contributed by atoms with Crippen molar-refractivity contribution >= 4 is 11.9 Å². The van der Waals surface area contributed by atoms with Gasteiger partial charge in [-0.2, -0.15) is 0 Å². The Morgan fingerprint density at radius 3 is 2.47 bits per heavy atom. The summed E-state index contributed by atoms with van der Waals surface area (Å²) in [5.41, 5.74) is 1.98. The van der Waals surface area contributed by atoms with Crippen molar-refractivity contribution in [2.24, 2.45) is 0 Å². The third-order valence-electron chi connectivity index (χ3n) is 2.63. The predicted octanol–water partition coefficient (Wildman–Crippen LogP) is 1.14. The first-order valence-corrected chi connectivity index (χ1v) is 6.18. The molecule has 0 aromatic heterocycles. The summed E-state index contributed by atoms with van der Waals surface area (Å²) in [6.45, 7) is 4.04. The van der Waals surface area contributed by atoms with E-state index in [1.165, 1.54) is 0 Å². The van der Waals surface area contributed by atoms with Crippen LogP contribution in [0.5, 0.6) is 0 Å². The van der Waals surface area contributed by atoms with Crippen LogP contribution in [-0.4, -0.2) is 36.2 Å². The van der Waals surface area contributed by atoms with Crippen molar-refractivity contribution < 1.29 is 19.4 Å². The molecule has 1 rings (SSSR count). The summed E-state index contributed by atoms with van der Waals surface area (Å²) >= 11 is 0. The molecule has 0 radical (unpaired) electrons. The van der Waals surface area contributed by atoms with Crippen molar-refractivity contribution in [1.29, 1.82) is 0 Å². The van der Waals surface area contributed by atoms with Crippen molar-refractivity contribution in [3.63, 3.8) is 0 Å². The molecule has 5 nitrogen and oxygen atoms in total. The average molecular weight is 265 g/mol. The first-order valence-electron chi connectivity index (χ1n) is 6.18. The summed E-state index contributed by atoms with van der Waals surface area (Å²) in [6, 6.07) is 6.61. The molecule has 0 fully saturated rings. The van der Waals surface area contributed by atoms with Gasteiger partial charge in [0, 0.05) is 13.0 Å². The zero-order valence-electron chi connectivity index (χ0n) is 11.2. The quantitative estimate of drug-likeness (QED) is 0.775. The van der Waals surface area contributed by atoms with Crippen LogP contribution in [0.4, 0.5) is 0 Å². The van der Waals surface area contributed by atoms with Crippen LogP contribution in [0, 0.1) is 6.92 Å². The highest BCUT2D eigenvalue weighted by Crippen LogP contribution is 2.06. The molecule has 0 spiro atoms. The minimum Gasteiger partial charge on any atom is -0.480 e. The summed E-state index contributed by atoms with van der Waals surface area (Å²) in [4.78, 5) is 22.6. The van der Waals surface area contributed by atoms with Gasteiger partial charge in [-0.25, -0.2) is 4.79 Å². The van der Waals surface area contributed by atoms with Gasteiger partial charge in [0.15, 0.2) is 0 Å². The predicted molar refractivity (Wildman–Crippen MR) is 70.9 cm³/mol. The van der Waals surface area contributed by atoms with E-state index < -0.39 is 17.9 Å². The van der Waals surface area contributed by atoms with Crippen LogP contribution in [0.15, 0.2) is 24.3 Å². The number of ether oxygens (including phenoxy) is 1. The maximum Gasteiger partial charge on any atom is 0.326 e. The van der Waals surface area contributed by atoms with Gasteiger partial charge in [0.1, 0.15) is 12.6 Å². The van der Waals surface area contributed by atoms with Crippen LogP contribution in [0.1, 0.15) is 18.1 Å². The lowest BCUT2D eigenvalue weighted by Crippen LogP contribution is -2.43. The first kappa shape index (κ1) is 15.2. The highest BCUT2D eigenvalue weighted by atomic mass is 16.5. The van der Waals surface area contributed by atoms with E-state index in [1.54, 1.807) is 6.92 Å². The summed E-state index contributed by atoms with van der Waals surface area (Å²) in [5, 5.41) is 11.6. The van der Waals surface area contributed by atoms with E-state index in [9.17, 15) is 9.59 Å². The number of carboxylic acids is 1. The lowest BCUT2D eigenvalue weighted by Gasteiger charge is -2.14. The van der Waals surface area contributed by atoms with E-state index in [1.807, 2.05) is 31.2 Å². The number of amides is 1. The SMILES string of the molecule is CCOCC(=O)N[C@@H](Cc1ccc(C)cc1)C(=O)O. The van der Waals surface area contributed by atoms with Crippen molar-refractivity contribution in [2.45, 2.75) is 26.3 Å². The highest BCUT2D eigenvalue weighted by Gasteiger charge is 2.20. The third kappa shape index (κ3) is 5.52. The van der Waals surface area contributed by atoms with E-state index in [4.69, 9.17) is 9.84 Å². The fourth-order valence-electron chi connectivity index (χ4n) is 1.59. The number of nitrogens with one attached hydrogen (secondary N) is 1. The number of aliphatic carboxylic acids is 1. The summed E-state index contributed by atoms with van der Waals surface area (Å²) in [5.74, 6) is -1.47. The summed E-state index contributed by atoms with van der Waals surface area (Å²) < 4.78 is 4.94. The van der Waals surface area contributed by atoms with Crippen molar-refractivity contribution in [1.82, 2.24) is 5.32 Å². The second kappa shape index (κ2) is 7.53. The topological polar surface area (TPSA) is 75.6 Å². The molecule has 1 atom stereocenters. The van der Waals surface area contributed by atoms with Gasteiger partial charge < -0.3 is 15.2 Å². The zero-order chi connectivity index (χ0) is 14.3. The Morgan fingerprint density at radius 1 is 1.32 bits per heavy atom. The number of carboxylic acid groups (broad SMARTS) is 1. The number of carbonyl (C=O) groups is 2. The summed E-state index contributed by atoms with van der Waals surface area (Å²) in [6.07, 6.45) is 0.257. The number of aryl methyl sites for hydroxylation is 1. The van der Waals surface area contributed by atoms with E-state index in [-0.39, 0.29) is 13.0 Å². The van der Waals surface area contributed by atoms with Gasteiger partial charge in [-0.3, -0.25) is 4.79 Å². The molecule has 0 saturated heterocycles. The number of hydrogen-bond acceptors (Lipinski definition) is 3. The second-order valence-corrected chi connectivity index (χ2v) is 4.29. The number of benzene rings is 1. The molecule has 0 heterocycles. The van der Waals surface area contributed by atoms with E-state index >= 15 is 0 Å². The van der Waals surface area contributed by atoms with Gasteiger partial charge in [0.2, 0.25) is 5.91 Å². The monoisotopic (exact) mass is 265 g/mol. The Kier molecular flexibility index (Phi) is 6.02. The fourth-order valence-corrected chi connectivity index (χ4v) is 1.59. The van der Waals surface area contributed by atoms with E-state index in [0.717, 1.165) is 11.1 Å². The molecule has 0 aliphatic rings. The van der Waals surface area contributed by atoms with Crippen LogP contribution in [0.3, 0.4) is 0 Å². The number of rotatable bonds is 7. The normalized spacial score (nSPS) is 11.9. The summed E-state index contributed by atoms with van der Waals surface area (Å²) in [7, 11) is 0. The van der Waals surface area contributed by atoms with Gasteiger partial charge in [0.25, 0.3) is 0 Å². The Bertz CT molecular complexity index is 428. The van der Waals surface area contributed by atoms with E-state index in [0.29, 0.717) is 6.61 Å². The van der Waals surface area contributed by atoms with Gasteiger partial charge >= 0.3 is 5.97 Å². The maximum atomic E-state index is 11.5. The van der Waals surface area contributed by atoms with Crippen molar-refractivity contribution in [2.75, 3.05) is 13.2 Å². The Balaban J connectivity index is 2.60. The van der Waals surface area contributed by atoms with Crippen LogP contribution in [0.25, 0.3) is 0 Å². The second-order valence-electron chi connectivity index (χ2n) is 4.29. The minimum absolute atomic E-state index is 0.117. The smallest absolute Gasteiger partial charge is 0.326 e. The molecular formula is C14H19NO4. The van der Waals surface area contributed by atoms with Gasteiger partial charge in [0.05, 0.1) is 0 Å². The molecule has 0 saturated carbocycles.